The third kappa shape index (κ3) is 9.37. The first-order valence-corrected chi connectivity index (χ1v) is 13.5. The molecule has 7 nitrogen and oxygen atoms in total. The Morgan fingerprint density at radius 3 is 2.41 bits per heavy atom. The molecule has 198 valence electrons. The number of carbonyl (C=O) groups excluding carboxylic acids is 2. The Kier molecular flexibility index (Phi) is 11.7. The normalized spacial score (nSPS) is 10.8. The Morgan fingerprint density at radius 2 is 1.70 bits per heavy atom. The molecule has 0 bridgehead atoms. The molecule has 1 heterocycles. The van der Waals surface area contributed by atoms with Crippen LogP contribution >= 0.6 is 15.9 Å². The van der Waals surface area contributed by atoms with E-state index in [-0.39, 0.29) is 18.5 Å². The van der Waals surface area contributed by atoms with Gasteiger partial charge in [-0.2, -0.15) is 0 Å². The van der Waals surface area contributed by atoms with Gasteiger partial charge in [0.15, 0.2) is 0 Å². The fourth-order valence-electron chi connectivity index (χ4n) is 3.97. The van der Waals surface area contributed by atoms with Gasteiger partial charge in [-0.05, 0) is 41.8 Å². The van der Waals surface area contributed by atoms with Crippen LogP contribution in [0.1, 0.15) is 36.6 Å². The summed E-state index contributed by atoms with van der Waals surface area (Å²) in [7, 11) is 1.59. The summed E-state index contributed by atoms with van der Waals surface area (Å²) in [6, 6.07) is 21.8. The predicted molar refractivity (Wildman–Crippen MR) is 150 cm³/mol. The summed E-state index contributed by atoms with van der Waals surface area (Å²) in [6.45, 7) is 5.08. The quantitative estimate of drug-likeness (QED) is 0.287. The second-order valence-electron chi connectivity index (χ2n) is 8.98. The Morgan fingerprint density at radius 1 is 0.946 bits per heavy atom. The Balaban J connectivity index is 1.67. The van der Waals surface area contributed by atoms with Crippen molar-refractivity contribution in [1.82, 2.24) is 19.7 Å². The van der Waals surface area contributed by atoms with Gasteiger partial charge in [0.25, 0.3) is 0 Å². The van der Waals surface area contributed by atoms with Crippen LogP contribution in [0.15, 0.2) is 77.4 Å². The van der Waals surface area contributed by atoms with Gasteiger partial charge in [-0.25, -0.2) is 4.79 Å². The van der Waals surface area contributed by atoms with E-state index >= 15 is 0 Å². The van der Waals surface area contributed by atoms with Gasteiger partial charge >= 0.3 is 6.03 Å². The molecule has 3 amide bonds. The number of halogens is 1. The fraction of sp³-hybridized carbons (Fsp3) is 0.379. The van der Waals surface area contributed by atoms with Crippen LogP contribution in [0, 0.1) is 0 Å². The number of nitrogens with zero attached hydrogens (tertiary/aromatic N) is 3. The number of nitrogens with one attached hydrogen (secondary N) is 1. The molecule has 0 aliphatic heterocycles. The van der Waals surface area contributed by atoms with Crippen LogP contribution in [0.25, 0.3) is 0 Å². The van der Waals surface area contributed by atoms with Crippen molar-refractivity contribution in [3.63, 3.8) is 0 Å². The van der Waals surface area contributed by atoms with Crippen molar-refractivity contribution in [2.24, 2.45) is 0 Å². The number of hydrogen-bond acceptors (Lipinski definition) is 3. The number of unbranched alkanes of at least 4 members (excludes halogenated alkanes) is 1. The maximum Gasteiger partial charge on any atom is 0.318 e. The first-order chi connectivity index (χ1) is 18.0. The molecule has 1 N–H and O–H groups in total. The number of amides is 3. The van der Waals surface area contributed by atoms with Gasteiger partial charge in [-0.3, -0.25) is 4.79 Å². The molecule has 0 radical (unpaired) electrons. The molecule has 0 saturated heterocycles. The Bertz CT molecular complexity index is 1100. The molecule has 0 unspecified atom stereocenters. The highest BCUT2D eigenvalue weighted by molar-refractivity contribution is 9.10. The van der Waals surface area contributed by atoms with E-state index < -0.39 is 0 Å². The molecule has 0 atom stereocenters. The van der Waals surface area contributed by atoms with Crippen LogP contribution in [0.4, 0.5) is 4.79 Å². The number of benzene rings is 2. The van der Waals surface area contributed by atoms with Gasteiger partial charge in [0.05, 0.1) is 13.2 Å². The number of ether oxygens (including phenoxy) is 1. The summed E-state index contributed by atoms with van der Waals surface area (Å²) in [4.78, 5) is 29.9. The number of rotatable bonds is 14. The zero-order valence-corrected chi connectivity index (χ0v) is 23.3. The molecule has 2 aromatic carbocycles. The minimum Gasteiger partial charge on any atom is -0.383 e. The standard InChI is InChI=1S/C29H37BrN4O3/c1-3-4-16-33(22-27-11-8-17-32(27)21-25-12-14-26(30)15-13-25)28(35)23-34(18-19-37-2)29(36)31-20-24-9-6-5-7-10-24/h5-15,17H,3-4,16,18-23H2,1-2H3,(H,31,36). The molecule has 0 aliphatic rings. The number of hydrogen-bond donors (Lipinski definition) is 1. The van der Waals surface area contributed by atoms with Crippen LogP contribution < -0.4 is 5.32 Å². The van der Waals surface area contributed by atoms with Crippen molar-refractivity contribution in [1.29, 1.82) is 0 Å². The van der Waals surface area contributed by atoms with Gasteiger partial charge in [-0.15, -0.1) is 0 Å². The summed E-state index contributed by atoms with van der Waals surface area (Å²) in [5, 5.41) is 2.93. The fourth-order valence-corrected chi connectivity index (χ4v) is 4.24. The van der Waals surface area contributed by atoms with E-state index in [9.17, 15) is 9.59 Å². The highest BCUT2D eigenvalue weighted by atomic mass is 79.9. The number of carbonyl (C=O) groups is 2. The van der Waals surface area contributed by atoms with Crippen molar-refractivity contribution in [2.45, 2.75) is 39.4 Å². The van der Waals surface area contributed by atoms with Crippen molar-refractivity contribution < 1.29 is 14.3 Å². The Labute approximate surface area is 228 Å². The lowest BCUT2D eigenvalue weighted by Crippen LogP contribution is -2.47. The molecule has 1 aromatic heterocycles. The van der Waals surface area contributed by atoms with E-state index in [1.165, 1.54) is 10.5 Å². The smallest absolute Gasteiger partial charge is 0.318 e. The van der Waals surface area contributed by atoms with Crippen molar-refractivity contribution >= 4 is 27.9 Å². The molecule has 0 fully saturated rings. The summed E-state index contributed by atoms with van der Waals surface area (Å²) in [5.74, 6) is -0.0733. The van der Waals surface area contributed by atoms with Crippen LogP contribution in [-0.2, 0) is 29.2 Å². The molecule has 0 aliphatic carbocycles. The summed E-state index contributed by atoms with van der Waals surface area (Å²) >= 11 is 3.49. The predicted octanol–water partition coefficient (Wildman–Crippen LogP) is 5.29. The third-order valence-corrected chi connectivity index (χ3v) is 6.67. The van der Waals surface area contributed by atoms with Crippen molar-refractivity contribution in [2.75, 3.05) is 33.4 Å². The minimum atomic E-state index is -0.275. The van der Waals surface area contributed by atoms with E-state index in [0.29, 0.717) is 32.8 Å². The van der Waals surface area contributed by atoms with Crippen LogP contribution in [0.3, 0.4) is 0 Å². The van der Waals surface area contributed by atoms with Gasteiger partial charge in [0, 0.05) is 49.7 Å². The van der Waals surface area contributed by atoms with Crippen LogP contribution in [0.2, 0.25) is 0 Å². The van der Waals surface area contributed by atoms with Crippen LogP contribution in [0.5, 0.6) is 0 Å². The SMILES string of the molecule is CCCCN(Cc1cccn1Cc1ccc(Br)cc1)C(=O)CN(CCOC)C(=O)NCc1ccccc1. The lowest BCUT2D eigenvalue weighted by atomic mass is 10.2. The second kappa shape index (κ2) is 15.2. The summed E-state index contributed by atoms with van der Waals surface area (Å²) in [6.07, 6.45) is 3.92. The lowest BCUT2D eigenvalue weighted by molar-refractivity contribution is -0.132. The molecule has 0 spiro atoms. The first-order valence-electron chi connectivity index (χ1n) is 12.7. The monoisotopic (exact) mass is 568 g/mol. The molecule has 3 rings (SSSR count). The van der Waals surface area contributed by atoms with Crippen molar-refractivity contribution in [3.05, 3.63) is 94.2 Å². The van der Waals surface area contributed by atoms with Gasteiger partial charge in [0.2, 0.25) is 5.91 Å². The van der Waals surface area contributed by atoms with Gasteiger partial charge in [0.1, 0.15) is 6.54 Å². The van der Waals surface area contributed by atoms with E-state index in [2.05, 4.69) is 50.9 Å². The molecule has 37 heavy (non-hydrogen) atoms. The molecule has 0 saturated carbocycles. The van der Waals surface area contributed by atoms with Gasteiger partial charge < -0.3 is 24.4 Å². The zero-order valence-electron chi connectivity index (χ0n) is 21.7. The first kappa shape index (κ1) is 28.5. The summed E-state index contributed by atoms with van der Waals surface area (Å²) in [5.41, 5.74) is 3.25. The number of urea groups is 1. The summed E-state index contributed by atoms with van der Waals surface area (Å²) < 4.78 is 8.42. The number of methoxy groups -OCH3 is 1. The maximum absolute atomic E-state index is 13.5. The maximum atomic E-state index is 13.5. The zero-order chi connectivity index (χ0) is 26.5. The third-order valence-electron chi connectivity index (χ3n) is 6.14. The average molecular weight is 570 g/mol. The highest BCUT2D eigenvalue weighted by Gasteiger charge is 2.22. The van der Waals surface area contributed by atoms with E-state index in [1.54, 1.807) is 7.11 Å². The second-order valence-corrected chi connectivity index (χ2v) is 9.90. The highest BCUT2D eigenvalue weighted by Crippen LogP contribution is 2.15. The Hall–Kier alpha value is -3.10. The topological polar surface area (TPSA) is 66.8 Å². The van der Waals surface area contributed by atoms with E-state index in [4.69, 9.17) is 4.74 Å². The largest absolute Gasteiger partial charge is 0.383 e. The molecule has 3 aromatic rings. The van der Waals surface area contributed by atoms with Crippen molar-refractivity contribution in [3.8, 4) is 0 Å². The van der Waals surface area contributed by atoms with Gasteiger partial charge in [-0.1, -0.05) is 71.7 Å². The lowest BCUT2D eigenvalue weighted by Gasteiger charge is -2.28. The van der Waals surface area contributed by atoms with E-state index in [1.807, 2.05) is 59.6 Å². The average Bonchev–Trinajstić information content (AvgIpc) is 3.35. The minimum absolute atomic E-state index is 0.00111. The molecule has 8 heteroatoms. The van der Waals surface area contributed by atoms with Crippen LogP contribution in [-0.4, -0.2) is 59.7 Å². The molecular formula is C29H37BrN4O3. The number of aromatic nitrogens is 1. The molecular weight excluding hydrogens is 532 g/mol. The van der Waals surface area contributed by atoms with E-state index in [0.717, 1.165) is 35.1 Å².